The molecule has 3 unspecified atom stereocenters. The van der Waals surface area contributed by atoms with Crippen molar-refractivity contribution in [3.8, 4) is 12.1 Å². The molecule has 3 aliphatic carbocycles. The summed E-state index contributed by atoms with van der Waals surface area (Å²) in [4.78, 5) is 25.6. The minimum Gasteiger partial charge on any atom is -0.293 e. The van der Waals surface area contributed by atoms with Crippen LogP contribution in [0.2, 0.25) is 0 Å². The number of carbonyl (C=O) groups is 2. The highest BCUT2D eigenvalue weighted by atomic mass is 16.1. The molecule has 3 atom stereocenters. The summed E-state index contributed by atoms with van der Waals surface area (Å²) in [6.07, 6.45) is 6.63. The van der Waals surface area contributed by atoms with E-state index in [-0.39, 0.29) is 28.6 Å². The van der Waals surface area contributed by atoms with Gasteiger partial charge >= 0.3 is 0 Å². The molecular formula is C25H22N2O2. The highest BCUT2D eigenvalue weighted by molar-refractivity contribution is 6.10. The Hall–Kier alpha value is -3.24. The number of nitrogens with zero attached hydrogens (tertiary/aromatic N) is 2. The molecule has 1 aromatic carbocycles. The van der Waals surface area contributed by atoms with Crippen molar-refractivity contribution in [2.24, 2.45) is 16.7 Å². The van der Waals surface area contributed by atoms with Gasteiger partial charge in [0.05, 0.1) is 11.1 Å². The summed E-state index contributed by atoms with van der Waals surface area (Å²) in [7, 11) is 0. The SMILES string of the molecule is CC1(C)C(=O)C(C#N)=CC2(C)C3=CC(=O)C(C#N)=CC3(c3ccccc3)CCC12. The number of allylic oxidation sites excluding steroid dienone is 6. The fourth-order valence-corrected chi connectivity index (χ4v) is 5.88. The lowest BCUT2D eigenvalue weighted by Gasteiger charge is -2.58. The highest BCUT2D eigenvalue weighted by Crippen LogP contribution is 2.63. The van der Waals surface area contributed by atoms with E-state index in [9.17, 15) is 20.1 Å². The van der Waals surface area contributed by atoms with Gasteiger partial charge in [-0.3, -0.25) is 9.59 Å². The van der Waals surface area contributed by atoms with Crippen LogP contribution in [-0.2, 0) is 15.0 Å². The summed E-state index contributed by atoms with van der Waals surface area (Å²) in [5.41, 5.74) is 0.261. The molecule has 0 N–H and O–H groups in total. The van der Waals surface area contributed by atoms with Crippen LogP contribution in [0.15, 0.2) is 65.3 Å². The Labute approximate surface area is 170 Å². The van der Waals surface area contributed by atoms with E-state index in [1.165, 1.54) is 0 Å². The third-order valence-corrected chi connectivity index (χ3v) is 7.22. The molecule has 1 fully saturated rings. The zero-order valence-corrected chi connectivity index (χ0v) is 16.8. The predicted molar refractivity (Wildman–Crippen MR) is 108 cm³/mol. The van der Waals surface area contributed by atoms with Crippen LogP contribution in [0.5, 0.6) is 0 Å². The number of fused-ring (bicyclic) bond motifs is 3. The van der Waals surface area contributed by atoms with Gasteiger partial charge < -0.3 is 0 Å². The van der Waals surface area contributed by atoms with Crippen LogP contribution in [0, 0.1) is 39.4 Å². The predicted octanol–water partition coefficient (Wildman–Crippen LogP) is 4.36. The Morgan fingerprint density at radius 1 is 0.966 bits per heavy atom. The van der Waals surface area contributed by atoms with Crippen LogP contribution in [0.4, 0.5) is 0 Å². The van der Waals surface area contributed by atoms with Crippen LogP contribution < -0.4 is 0 Å². The van der Waals surface area contributed by atoms with Crippen LogP contribution in [0.3, 0.4) is 0 Å². The molecule has 4 heteroatoms. The molecule has 0 spiro atoms. The molecule has 1 saturated carbocycles. The second-order valence-electron chi connectivity index (χ2n) is 9.02. The quantitative estimate of drug-likeness (QED) is 0.723. The van der Waals surface area contributed by atoms with Gasteiger partial charge in [-0.15, -0.1) is 0 Å². The lowest BCUT2D eigenvalue weighted by Crippen LogP contribution is -2.54. The second kappa shape index (κ2) is 6.13. The van der Waals surface area contributed by atoms with Crippen LogP contribution in [0.25, 0.3) is 0 Å². The zero-order valence-electron chi connectivity index (χ0n) is 16.8. The smallest absolute Gasteiger partial charge is 0.196 e. The highest BCUT2D eigenvalue weighted by Gasteiger charge is 2.60. The zero-order chi connectivity index (χ0) is 21.0. The van der Waals surface area contributed by atoms with Crippen molar-refractivity contribution in [1.29, 1.82) is 10.5 Å². The number of carbonyl (C=O) groups excluding carboxylic acids is 2. The first-order valence-corrected chi connectivity index (χ1v) is 9.84. The van der Waals surface area contributed by atoms with Crippen molar-refractivity contribution in [2.75, 3.05) is 0 Å². The summed E-state index contributed by atoms with van der Waals surface area (Å²) in [5, 5.41) is 19.2. The molecule has 0 bridgehead atoms. The molecule has 29 heavy (non-hydrogen) atoms. The van der Waals surface area contributed by atoms with Crippen molar-refractivity contribution in [1.82, 2.24) is 0 Å². The molecule has 0 radical (unpaired) electrons. The first-order chi connectivity index (χ1) is 13.7. The standard InChI is InChI=1S/C25H22N2O2/c1-23(2)20-9-10-25(18-7-5-4-6-8-18)13-16(14-26)19(28)11-21(25)24(20,3)12-17(15-27)22(23)29/h4-8,11-13,20H,9-10H2,1-3H3. The monoisotopic (exact) mass is 382 g/mol. The van der Waals surface area contributed by atoms with Gasteiger partial charge in [0.25, 0.3) is 0 Å². The molecule has 0 aliphatic heterocycles. The van der Waals surface area contributed by atoms with Gasteiger partial charge in [-0.25, -0.2) is 0 Å². The van der Waals surface area contributed by atoms with Gasteiger partial charge in [-0.05, 0) is 42.0 Å². The molecule has 0 heterocycles. The first-order valence-electron chi connectivity index (χ1n) is 9.84. The Morgan fingerprint density at radius 3 is 2.24 bits per heavy atom. The van der Waals surface area contributed by atoms with Gasteiger partial charge in [0.1, 0.15) is 12.1 Å². The number of hydrogen-bond donors (Lipinski definition) is 0. The number of rotatable bonds is 1. The molecule has 0 saturated heterocycles. The van der Waals surface area contributed by atoms with E-state index in [4.69, 9.17) is 0 Å². The molecule has 1 aromatic rings. The molecule has 4 nitrogen and oxygen atoms in total. The largest absolute Gasteiger partial charge is 0.293 e. The minimum absolute atomic E-state index is 0.0347. The Balaban J connectivity index is 2.03. The average molecular weight is 382 g/mol. The molecule has 0 amide bonds. The summed E-state index contributed by atoms with van der Waals surface area (Å²) in [5.74, 6) is -0.476. The molecule has 144 valence electrons. The van der Waals surface area contributed by atoms with E-state index in [1.807, 2.05) is 57.2 Å². The number of benzene rings is 1. The molecule has 3 aliphatic rings. The maximum absolute atomic E-state index is 12.9. The van der Waals surface area contributed by atoms with Gasteiger partial charge in [-0.2, -0.15) is 10.5 Å². The van der Waals surface area contributed by atoms with E-state index in [0.717, 1.165) is 17.6 Å². The lowest BCUT2D eigenvalue weighted by molar-refractivity contribution is -0.130. The van der Waals surface area contributed by atoms with Crippen molar-refractivity contribution >= 4 is 11.6 Å². The fourth-order valence-electron chi connectivity index (χ4n) is 5.88. The number of nitriles is 2. The second-order valence-corrected chi connectivity index (χ2v) is 9.02. The fraction of sp³-hybridized carbons (Fsp3) is 0.360. The van der Waals surface area contributed by atoms with E-state index in [1.54, 1.807) is 12.2 Å². The number of ketones is 2. The third-order valence-electron chi connectivity index (χ3n) is 7.22. The first kappa shape index (κ1) is 19.1. The third kappa shape index (κ3) is 2.42. The van der Waals surface area contributed by atoms with Gasteiger partial charge in [0.2, 0.25) is 0 Å². The Bertz CT molecular complexity index is 1110. The molecular weight excluding hydrogens is 360 g/mol. The minimum atomic E-state index is -0.708. The van der Waals surface area contributed by atoms with Crippen molar-refractivity contribution in [3.05, 3.63) is 70.8 Å². The lowest BCUT2D eigenvalue weighted by atomic mass is 9.44. The van der Waals surface area contributed by atoms with Crippen molar-refractivity contribution < 1.29 is 9.59 Å². The summed E-state index contributed by atoms with van der Waals surface area (Å²) >= 11 is 0. The maximum atomic E-state index is 12.9. The van der Waals surface area contributed by atoms with Crippen molar-refractivity contribution in [3.63, 3.8) is 0 Å². The van der Waals surface area contributed by atoms with E-state index < -0.39 is 16.2 Å². The Morgan fingerprint density at radius 2 is 1.62 bits per heavy atom. The van der Waals surface area contributed by atoms with Gasteiger partial charge in [0.15, 0.2) is 11.6 Å². The van der Waals surface area contributed by atoms with Gasteiger partial charge in [0, 0.05) is 16.2 Å². The van der Waals surface area contributed by atoms with Crippen LogP contribution >= 0.6 is 0 Å². The normalized spacial score (nSPS) is 32.6. The number of Topliss-reactive ketones (excluding diaryl/α,β-unsaturated/α-hetero) is 1. The van der Waals surface area contributed by atoms with E-state index >= 15 is 0 Å². The summed E-state index contributed by atoms with van der Waals surface area (Å²) in [6.45, 7) is 5.84. The van der Waals surface area contributed by atoms with Crippen molar-refractivity contribution in [2.45, 2.75) is 39.0 Å². The van der Waals surface area contributed by atoms with Crippen LogP contribution in [-0.4, -0.2) is 11.6 Å². The average Bonchev–Trinajstić information content (AvgIpc) is 2.71. The Kier molecular flexibility index (Phi) is 4.03. The summed E-state index contributed by atoms with van der Waals surface area (Å²) < 4.78 is 0. The van der Waals surface area contributed by atoms with Crippen LogP contribution in [0.1, 0.15) is 39.2 Å². The van der Waals surface area contributed by atoms with E-state index in [0.29, 0.717) is 6.42 Å². The summed E-state index contributed by atoms with van der Waals surface area (Å²) in [6, 6.07) is 14.0. The van der Waals surface area contributed by atoms with Gasteiger partial charge in [-0.1, -0.05) is 57.2 Å². The topological polar surface area (TPSA) is 81.7 Å². The molecule has 4 rings (SSSR count). The maximum Gasteiger partial charge on any atom is 0.196 e. The molecule has 0 aromatic heterocycles. The number of hydrogen-bond acceptors (Lipinski definition) is 4. The van der Waals surface area contributed by atoms with E-state index in [2.05, 4.69) is 12.1 Å².